The average Bonchev–Trinajstić information content (AvgIpc) is 2.76. The normalized spacial score (nSPS) is 18.9. The third-order valence-electron chi connectivity index (χ3n) is 5.74. The van der Waals surface area contributed by atoms with Crippen molar-refractivity contribution in [1.82, 2.24) is 4.90 Å². The summed E-state index contributed by atoms with van der Waals surface area (Å²) in [5.41, 5.74) is 5.25. The van der Waals surface area contributed by atoms with Gasteiger partial charge in [0.1, 0.15) is 5.75 Å². The van der Waals surface area contributed by atoms with Gasteiger partial charge in [0, 0.05) is 18.0 Å². The minimum atomic E-state index is -0.204. The lowest BCUT2D eigenvalue weighted by atomic mass is 9.86. The molecule has 4 rings (SSSR count). The fourth-order valence-electron chi connectivity index (χ4n) is 3.90. The molecule has 2 aromatic carbocycles. The molecule has 154 valence electrons. The Balaban J connectivity index is 1.61. The Bertz CT molecular complexity index is 1040. The maximum Gasteiger partial charge on any atom is 0.229 e. The zero-order valence-electron chi connectivity index (χ0n) is 17.5. The van der Waals surface area contributed by atoms with E-state index in [4.69, 9.17) is 4.74 Å². The van der Waals surface area contributed by atoms with Crippen LogP contribution in [0.1, 0.15) is 36.0 Å². The SMILES string of the molecule is CCOc1ccc([C@@H]2CC(=O)N3CN(c4ccc(C)c(C)c4)CSC3=C2C#N)cc1. The van der Waals surface area contributed by atoms with Gasteiger partial charge in [-0.25, -0.2) is 0 Å². The van der Waals surface area contributed by atoms with E-state index in [0.717, 1.165) is 22.0 Å². The molecule has 0 radical (unpaired) electrons. The lowest BCUT2D eigenvalue weighted by Gasteiger charge is -2.42. The van der Waals surface area contributed by atoms with E-state index in [9.17, 15) is 10.1 Å². The molecule has 1 amide bonds. The van der Waals surface area contributed by atoms with E-state index in [1.165, 1.54) is 11.1 Å². The number of nitrogens with zero attached hydrogens (tertiary/aromatic N) is 3. The first-order valence-electron chi connectivity index (χ1n) is 10.1. The first-order chi connectivity index (χ1) is 14.5. The van der Waals surface area contributed by atoms with Gasteiger partial charge in [0.15, 0.2) is 0 Å². The van der Waals surface area contributed by atoms with Gasteiger partial charge in [0.05, 0.1) is 35.8 Å². The van der Waals surface area contributed by atoms with Gasteiger partial charge in [-0.15, -0.1) is 0 Å². The molecular weight excluding hydrogens is 394 g/mol. The van der Waals surface area contributed by atoms with Crippen LogP contribution >= 0.6 is 11.8 Å². The molecule has 5 nitrogen and oxygen atoms in total. The largest absolute Gasteiger partial charge is 0.494 e. The molecule has 0 saturated carbocycles. The molecule has 1 saturated heterocycles. The number of allylic oxidation sites excluding steroid dienone is 1. The molecule has 2 aliphatic rings. The Hall–Kier alpha value is -2.91. The summed E-state index contributed by atoms with van der Waals surface area (Å²) in [4.78, 5) is 17.0. The number of benzene rings is 2. The summed E-state index contributed by atoms with van der Waals surface area (Å²) in [5.74, 6) is 1.37. The lowest BCUT2D eigenvalue weighted by Crippen LogP contribution is -2.47. The van der Waals surface area contributed by atoms with Crippen molar-refractivity contribution in [2.75, 3.05) is 24.1 Å². The number of anilines is 1. The van der Waals surface area contributed by atoms with Crippen LogP contribution in [0, 0.1) is 25.2 Å². The Kier molecular flexibility index (Phi) is 5.74. The quantitative estimate of drug-likeness (QED) is 0.704. The van der Waals surface area contributed by atoms with E-state index < -0.39 is 0 Å². The maximum absolute atomic E-state index is 13.1. The van der Waals surface area contributed by atoms with Crippen LogP contribution in [-0.4, -0.2) is 30.0 Å². The molecule has 0 aromatic heterocycles. The second-order valence-corrected chi connectivity index (χ2v) is 8.57. The lowest BCUT2D eigenvalue weighted by molar-refractivity contribution is -0.129. The predicted molar refractivity (Wildman–Crippen MR) is 120 cm³/mol. The minimum Gasteiger partial charge on any atom is -0.494 e. The van der Waals surface area contributed by atoms with E-state index in [2.05, 4.69) is 43.0 Å². The Labute approximate surface area is 181 Å². The van der Waals surface area contributed by atoms with Crippen molar-refractivity contribution in [1.29, 1.82) is 5.26 Å². The van der Waals surface area contributed by atoms with Gasteiger partial charge in [0.25, 0.3) is 0 Å². The molecule has 6 heteroatoms. The number of hydrogen-bond acceptors (Lipinski definition) is 5. The van der Waals surface area contributed by atoms with Crippen molar-refractivity contribution >= 4 is 23.4 Å². The summed E-state index contributed by atoms with van der Waals surface area (Å²) in [6.07, 6.45) is 0.307. The van der Waals surface area contributed by atoms with Crippen LogP contribution in [0.4, 0.5) is 5.69 Å². The fraction of sp³-hybridized carbons (Fsp3) is 0.333. The molecule has 2 aromatic rings. The number of amides is 1. The van der Waals surface area contributed by atoms with Crippen LogP contribution < -0.4 is 9.64 Å². The third-order valence-corrected chi connectivity index (χ3v) is 6.90. The van der Waals surface area contributed by atoms with Crippen LogP contribution in [-0.2, 0) is 4.79 Å². The predicted octanol–water partition coefficient (Wildman–Crippen LogP) is 4.92. The summed E-state index contributed by atoms with van der Waals surface area (Å²) >= 11 is 1.57. The number of rotatable bonds is 4. The van der Waals surface area contributed by atoms with Gasteiger partial charge < -0.3 is 9.64 Å². The maximum atomic E-state index is 13.1. The van der Waals surface area contributed by atoms with Crippen molar-refractivity contribution in [3.63, 3.8) is 0 Å². The summed E-state index contributed by atoms with van der Waals surface area (Å²) in [6.45, 7) is 7.23. The highest BCUT2D eigenvalue weighted by atomic mass is 32.2. The minimum absolute atomic E-state index is 0.0592. The standard InChI is InChI=1S/C24H25N3O2S/c1-4-29-20-9-6-18(7-10-20)21-12-23(28)27-14-26(15-30-24(27)22(21)13-25)19-8-5-16(2)17(3)11-19/h5-11,21H,4,12,14-15H2,1-3H3/t21-/m0/s1. The van der Waals surface area contributed by atoms with Crippen molar-refractivity contribution in [2.45, 2.75) is 33.1 Å². The number of thioether (sulfide) groups is 1. The van der Waals surface area contributed by atoms with Crippen LogP contribution in [0.25, 0.3) is 0 Å². The molecule has 0 bridgehead atoms. The number of ether oxygens (including phenoxy) is 1. The Morgan fingerprint density at radius 3 is 2.60 bits per heavy atom. The molecule has 0 unspecified atom stereocenters. The van der Waals surface area contributed by atoms with E-state index in [1.54, 1.807) is 16.7 Å². The zero-order valence-corrected chi connectivity index (χ0v) is 18.3. The summed E-state index contributed by atoms with van der Waals surface area (Å²) in [5, 5.41) is 10.7. The van der Waals surface area contributed by atoms with Crippen LogP contribution in [0.3, 0.4) is 0 Å². The van der Waals surface area contributed by atoms with Crippen LogP contribution in [0.15, 0.2) is 53.1 Å². The number of carbonyl (C=O) groups is 1. The smallest absolute Gasteiger partial charge is 0.229 e. The van der Waals surface area contributed by atoms with Gasteiger partial charge in [-0.2, -0.15) is 5.26 Å². The third kappa shape index (κ3) is 3.78. The zero-order chi connectivity index (χ0) is 21.3. The van der Waals surface area contributed by atoms with E-state index in [-0.39, 0.29) is 11.8 Å². The van der Waals surface area contributed by atoms with Gasteiger partial charge in [-0.1, -0.05) is 30.0 Å². The number of hydrogen-bond donors (Lipinski definition) is 0. The molecular formula is C24H25N3O2S. The van der Waals surface area contributed by atoms with Crippen molar-refractivity contribution in [3.05, 3.63) is 69.8 Å². The summed E-state index contributed by atoms with van der Waals surface area (Å²) in [7, 11) is 0. The molecule has 2 aliphatic heterocycles. The van der Waals surface area contributed by atoms with E-state index >= 15 is 0 Å². The first-order valence-corrected chi connectivity index (χ1v) is 11.1. The summed E-state index contributed by atoms with van der Waals surface area (Å²) in [6, 6.07) is 16.5. The molecule has 2 heterocycles. The van der Waals surface area contributed by atoms with Crippen LogP contribution in [0.5, 0.6) is 5.75 Å². The highest BCUT2D eigenvalue weighted by Crippen LogP contribution is 2.43. The number of nitriles is 1. The summed E-state index contributed by atoms with van der Waals surface area (Å²) < 4.78 is 5.52. The average molecular weight is 420 g/mol. The monoisotopic (exact) mass is 419 g/mol. The highest BCUT2D eigenvalue weighted by molar-refractivity contribution is 8.03. The molecule has 0 aliphatic carbocycles. The van der Waals surface area contributed by atoms with Crippen LogP contribution in [0.2, 0.25) is 0 Å². The molecule has 1 fully saturated rings. The first kappa shape index (κ1) is 20.4. The van der Waals surface area contributed by atoms with E-state index in [0.29, 0.717) is 31.1 Å². The topological polar surface area (TPSA) is 56.6 Å². The number of aryl methyl sites for hydroxylation is 2. The second-order valence-electron chi connectivity index (χ2n) is 7.63. The van der Waals surface area contributed by atoms with Crippen molar-refractivity contribution in [3.8, 4) is 11.8 Å². The van der Waals surface area contributed by atoms with Gasteiger partial charge >= 0.3 is 0 Å². The fourth-order valence-corrected chi connectivity index (χ4v) is 5.06. The molecule has 0 N–H and O–H groups in total. The Morgan fingerprint density at radius 1 is 1.17 bits per heavy atom. The van der Waals surface area contributed by atoms with Crippen molar-refractivity contribution < 1.29 is 9.53 Å². The van der Waals surface area contributed by atoms with E-state index in [1.807, 2.05) is 31.2 Å². The number of fused-ring (bicyclic) bond motifs is 1. The van der Waals surface area contributed by atoms with Gasteiger partial charge in [0.2, 0.25) is 5.91 Å². The highest BCUT2D eigenvalue weighted by Gasteiger charge is 2.38. The molecule has 30 heavy (non-hydrogen) atoms. The Morgan fingerprint density at radius 2 is 1.93 bits per heavy atom. The van der Waals surface area contributed by atoms with Gasteiger partial charge in [-0.05, 0) is 61.7 Å². The number of carbonyl (C=O) groups excluding carboxylic acids is 1. The van der Waals surface area contributed by atoms with Gasteiger partial charge in [-0.3, -0.25) is 9.69 Å². The molecule has 1 atom stereocenters. The van der Waals surface area contributed by atoms with Crippen molar-refractivity contribution in [2.24, 2.45) is 0 Å². The second kappa shape index (κ2) is 8.45. The molecule has 0 spiro atoms.